The topological polar surface area (TPSA) is 69.6 Å². The van der Waals surface area contributed by atoms with Crippen LogP contribution >= 0.6 is 0 Å². The summed E-state index contributed by atoms with van der Waals surface area (Å²) in [5.41, 5.74) is -0.115. The Morgan fingerprint density at radius 2 is 2.11 bits per heavy atom. The number of aromatic carboxylic acids is 1. The van der Waals surface area contributed by atoms with Crippen LogP contribution in [0.1, 0.15) is 30.6 Å². The van der Waals surface area contributed by atoms with E-state index in [9.17, 15) is 9.18 Å². The summed E-state index contributed by atoms with van der Waals surface area (Å²) in [5, 5.41) is 21.0. The van der Waals surface area contributed by atoms with E-state index in [1.165, 1.54) is 12.1 Å². The summed E-state index contributed by atoms with van der Waals surface area (Å²) in [6.45, 7) is 3.90. The lowest BCUT2D eigenvalue weighted by molar-refractivity contribution is 0.0693. The van der Waals surface area contributed by atoms with Gasteiger partial charge >= 0.3 is 5.97 Å². The molecule has 1 rings (SSSR count). The Hall–Kier alpha value is -1.62. The van der Waals surface area contributed by atoms with Crippen molar-refractivity contribution in [2.45, 2.75) is 26.3 Å². The molecule has 0 amide bonds. The zero-order valence-corrected chi connectivity index (χ0v) is 10.5. The number of carboxylic acids is 1. The summed E-state index contributed by atoms with van der Waals surface area (Å²) in [6, 6.07) is 4.00. The van der Waals surface area contributed by atoms with Gasteiger partial charge in [-0.2, -0.15) is 0 Å². The molecule has 0 radical (unpaired) electrons. The van der Waals surface area contributed by atoms with E-state index in [0.29, 0.717) is 6.42 Å². The Labute approximate surface area is 105 Å². The SMILES string of the molecule is CC(C)C(CCO)Nc1cccc(F)c1C(=O)O. The maximum absolute atomic E-state index is 13.5. The first-order valence-corrected chi connectivity index (χ1v) is 5.86. The van der Waals surface area contributed by atoms with Gasteiger partial charge in [-0.25, -0.2) is 9.18 Å². The monoisotopic (exact) mass is 255 g/mol. The summed E-state index contributed by atoms with van der Waals surface area (Å²) >= 11 is 0. The number of aliphatic hydroxyl groups excluding tert-OH is 1. The van der Waals surface area contributed by atoms with Crippen LogP contribution in [-0.2, 0) is 0 Å². The molecule has 0 aromatic heterocycles. The second kappa shape index (κ2) is 6.35. The zero-order chi connectivity index (χ0) is 13.7. The molecule has 0 fully saturated rings. The zero-order valence-electron chi connectivity index (χ0n) is 10.5. The molecule has 0 aliphatic heterocycles. The van der Waals surface area contributed by atoms with Crippen molar-refractivity contribution >= 4 is 11.7 Å². The van der Waals surface area contributed by atoms with E-state index in [1.54, 1.807) is 0 Å². The second-order valence-electron chi connectivity index (χ2n) is 4.47. The maximum atomic E-state index is 13.5. The fourth-order valence-corrected chi connectivity index (χ4v) is 1.77. The lowest BCUT2D eigenvalue weighted by Gasteiger charge is -2.23. The smallest absolute Gasteiger partial charge is 0.340 e. The summed E-state index contributed by atoms with van der Waals surface area (Å²) < 4.78 is 13.5. The molecule has 0 aliphatic rings. The van der Waals surface area contributed by atoms with Gasteiger partial charge in [0.05, 0.1) is 5.69 Å². The molecule has 5 heteroatoms. The normalized spacial score (nSPS) is 12.5. The van der Waals surface area contributed by atoms with Crippen LogP contribution in [0.25, 0.3) is 0 Å². The molecule has 18 heavy (non-hydrogen) atoms. The van der Waals surface area contributed by atoms with Crippen molar-refractivity contribution in [1.29, 1.82) is 0 Å². The van der Waals surface area contributed by atoms with Gasteiger partial charge in [-0.15, -0.1) is 0 Å². The van der Waals surface area contributed by atoms with Crippen molar-refractivity contribution in [3.63, 3.8) is 0 Å². The molecule has 3 N–H and O–H groups in total. The highest BCUT2D eigenvalue weighted by atomic mass is 19.1. The Bertz CT molecular complexity index is 421. The highest BCUT2D eigenvalue weighted by Gasteiger charge is 2.19. The quantitative estimate of drug-likeness (QED) is 0.729. The van der Waals surface area contributed by atoms with E-state index >= 15 is 0 Å². The van der Waals surface area contributed by atoms with E-state index in [1.807, 2.05) is 13.8 Å². The molecule has 0 spiro atoms. The average molecular weight is 255 g/mol. The van der Waals surface area contributed by atoms with Gasteiger partial charge in [0.15, 0.2) is 0 Å². The van der Waals surface area contributed by atoms with E-state index in [-0.39, 0.29) is 29.8 Å². The molecule has 0 bridgehead atoms. The third-order valence-corrected chi connectivity index (χ3v) is 2.81. The Morgan fingerprint density at radius 3 is 2.61 bits per heavy atom. The molecule has 0 saturated carbocycles. The van der Waals surface area contributed by atoms with Crippen LogP contribution in [0.4, 0.5) is 10.1 Å². The first kappa shape index (κ1) is 14.4. The molecule has 0 saturated heterocycles. The van der Waals surface area contributed by atoms with Gasteiger partial charge in [0.25, 0.3) is 0 Å². The van der Waals surface area contributed by atoms with Crippen LogP contribution in [0.15, 0.2) is 18.2 Å². The molecule has 1 atom stereocenters. The number of rotatable bonds is 6. The number of anilines is 1. The van der Waals surface area contributed by atoms with Crippen LogP contribution in [0, 0.1) is 11.7 Å². The number of hydrogen-bond donors (Lipinski definition) is 3. The minimum atomic E-state index is -1.30. The third kappa shape index (κ3) is 3.43. The number of carboxylic acid groups (broad SMARTS) is 1. The Morgan fingerprint density at radius 1 is 1.44 bits per heavy atom. The minimum Gasteiger partial charge on any atom is -0.478 e. The highest BCUT2D eigenvalue weighted by molar-refractivity contribution is 5.94. The van der Waals surface area contributed by atoms with Crippen molar-refractivity contribution in [2.75, 3.05) is 11.9 Å². The average Bonchev–Trinajstić information content (AvgIpc) is 2.27. The number of carbonyl (C=O) groups is 1. The Balaban J connectivity index is 3.02. The largest absolute Gasteiger partial charge is 0.478 e. The molecule has 1 aromatic carbocycles. The molecular weight excluding hydrogens is 237 g/mol. The summed E-state index contributed by atoms with van der Waals surface area (Å²) in [7, 11) is 0. The van der Waals surface area contributed by atoms with Crippen molar-refractivity contribution in [2.24, 2.45) is 5.92 Å². The van der Waals surface area contributed by atoms with Crippen molar-refractivity contribution in [3.8, 4) is 0 Å². The molecular formula is C13H18FNO3. The molecule has 4 nitrogen and oxygen atoms in total. The van der Waals surface area contributed by atoms with Crippen LogP contribution in [-0.4, -0.2) is 28.8 Å². The summed E-state index contributed by atoms with van der Waals surface area (Å²) in [5.74, 6) is -1.87. The van der Waals surface area contributed by atoms with Gasteiger partial charge in [-0.1, -0.05) is 19.9 Å². The molecule has 0 heterocycles. The van der Waals surface area contributed by atoms with Gasteiger partial charge in [0, 0.05) is 12.6 Å². The summed E-state index contributed by atoms with van der Waals surface area (Å²) in [6.07, 6.45) is 0.479. The maximum Gasteiger partial charge on any atom is 0.340 e. The van der Waals surface area contributed by atoms with Gasteiger partial charge in [0.1, 0.15) is 11.4 Å². The van der Waals surface area contributed by atoms with Crippen LogP contribution in [0.5, 0.6) is 0 Å². The molecule has 1 unspecified atom stereocenters. The molecule has 0 aliphatic carbocycles. The van der Waals surface area contributed by atoms with Gasteiger partial charge in [-0.3, -0.25) is 0 Å². The predicted molar refractivity (Wildman–Crippen MR) is 67.3 cm³/mol. The lowest BCUT2D eigenvalue weighted by Crippen LogP contribution is -2.28. The van der Waals surface area contributed by atoms with Gasteiger partial charge in [0.2, 0.25) is 0 Å². The lowest BCUT2D eigenvalue weighted by atomic mass is 10.00. The number of hydrogen-bond acceptors (Lipinski definition) is 3. The summed E-state index contributed by atoms with van der Waals surface area (Å²) in [4.78, 5) is 11.0. The van der Waals surface area contributed by atoms with Crippen molar-refractivity contribution in [3.05, 3.63) is 29.6 Å². The number of aliphatic hydroxyl groups is 1. The number of benzene rings is 1. The number of nitrogens with one attached hydrogen (secondary N) is 1. The van der Waals surface area contributed by atoms with E-state index in [4.69, 9.17) is 10.2 Å². The minimum absolute atomic E-state index is 0.00638. The second-order valence-corrected chi connectivity index (χ2v) is 4.47. The molecule has 100 valence electrons. The molecule has 1 aromatic rings. The standard InChI is InChI=1S/C13H18FNO3/c1-8(2)10(6-7-16)15-11-5-3-4-9(14)12(11)13(17)18/h3-5,8,10,15-16H,6-7H2,1-2H3,(H,17,18). The Kier molecular flexibility index (Phi) is 5.09. The van der Waals surface area contributed by atoms with Crippen LogP contribution in [0.2, 0.25) is 0 Å². The van der Waals surface area contributed by atoms with Crippen molar-refractivity contribution < 1.29 is 19.4 Å². The highest BCUT2D eigenvalue weighted by Crippen LogP contribution is 2.22. The van der Waals surface area contributed by atoms with Crippen LogP contribution in [0.3, 0.4) is 0 Å². The van der Waals surface area contributed by atoms with Gasteiger partial charge < -0.3 is 15.5 Å². The third-order valence-electron chi connectivity index (χ3n) is 2.81. The fraction of sp³-hybridized carbons (Fsp3) is 0.462. The first-order chi connectivity index (χ1) is 8.47. The van der Waals surface area contributed by atoms with Gasteiger partial charge in [-0.05, 0) is 24.5 Å². The van der Waals surface area contributed by atoms with E-state index < -0.39 is 11.8 Å². The first-order valence-electron chi connectivity index (χ1n) is 5.86. The van der Waals surface area contributed by atoms with Crippen molar-refractivity contribution in [1.82, 2.24) is 0 Å². The van der Waals surface area contributed by atoms with Crippen LogP contribution < -0.4 is 5.32 Å². The van der Waals surface area contributed by atoms with E-state index in [0.717, 1.165) is 6.07 Å². The number of halogens is 1. The fourth-order valence-electron chi connectivity index (χ4n) is 1.77. The van der Waals surface area contributed by atoms with E-state index in [2.05, 4.69) is 5.32 Å². The predicted octanol–water partition coefficient (Wildman–Crippen LogP) is 2.34.